The van der Waals surface area contributed by atoms with Gasteiger partial charge in [0, 0.05) is 17.7 Å². The van der Waals surface area contributed by atoms with Crippen LogP contribution in [0.2, 0.25) is 0 Å². The van der Waals surface area contributed by atoms with E-state index in [1.54, 1.807) is 28.8 Å². The number of nitrogens with one attached hydrogen (secondary N) is 1. The van der Waals surface area contributed by atoms with Crippen LogP contribution in [0.4, 0.5) is 5.69 Å². The predicted octanol–water partition coefficient (Wildman–Crippen LogP) is 2.58. The third kappa shape index (κ3) is 3.44. The Morgan fingerprint density at radius 3 is 2.89 bits per heavy atom. The molecule has 1 aliphatic heterocycles. The Bertz CT molecular complexity index is 1000. The average molecular weight is 399 g/mol. The summed E-state index contributed by atoms with van der Waals surface area (Å²) in [6, 6.07) is 6.47. The zero-order valence-corrected chi connectivity index (χ0v) is 16.4. The third-order valence-corrected chi connectivity index (χ3v) is 6.25. The van der Waals surface area contributed by atoms with E-state index in [1.807, 2.05) is 0 Å². The standard InChI is InChI=1S/C20H21N3O4S/c1-27-19(26)14-7-3-5-9-16(14)21-17(24)10-12-11-28-20-22-15-8-4-2-6-13(15)18(25)23(12)20/h3,5,7,9,12H,2,4,6,8,10-11H2,1H3,(H,21,24). The van der Waals surface area contributed by atoms with E-state index >= 15 is 0 Å². The molecular weight excluding hydrogens is 378 g/mol. The summed E-state index contributed by atoms with van der Waals surface area (Å²) in [4.78, 5) is 42.1. The van der Waals surface area contributed by atoms with E-state index < -0.39 is 5.97 Å². The first kappa shape index (κ1) is 18.7. The van der Waals surface area contributed by atoms with Crippen LogP contribution in [0.5, 0.6) is 0 Å². The number of hydrogen-bond donors (Lipinski definition) is 1. The molecule has 2 aliphatic rings. The van der Waals surface area contributed by atoms with Crippen molar-refractivity contribution in [1.82, 2.24) is 9.55 Å². The van der Waals surface area contributed by atoms with E-state index in [1.165, 1.54) is 18.9 Å². The van der Waals surface area contributed by atoms with Crippen LogP contribution >= 0.6 is 11.8 Å². The highest BCUT2D eigenvalue weighted by Gasteiger charge is 2.30. The minimum atomic E-state index is -0.510. The van der Waals surface area contributed by atoms with Gasteiger partial charge in [0.15, 0.2) is 5.16 Å². The fourth-order valence-corrected chi connectivity index (χ4v) is 4.91. The first-order valence-corrected chi connectivity index (χ1v) is 10.3. The SMILES string of the molecule is COC(=O)c1ccccc1NC(=O)CC1CSc2nc3c(c(=O)n21)CCCC3. The second-order valence-corrected chi connectivity index (χ2v) is 7.94. The molecule has 1 atom stereocenters. The molecule has 7 nitrogen and oxygen atoms in total. The molecule has 0 bridgehead atoms. The number of aryl methyl sites for hydroxylation is 1. The highest BCUT2D eigenvalue weighted by molar-refractivity contribution is 7.99. The third-order valence-electron chi connectivity index (χ3n) is 5.15. The van der Waals surface area contributed by atoms with Gasteiger partial charge in [0.2, 0.25) is 5.91 Å². The van der Waals surface area contributed by atoms with Crippen molar-refractivity contribution >= 4 is 29.3 Å². The van der Waals surface area contributed by atoms with Crippen molar-refractivity contribution in [1.29, 1.82) is 0 Å². The first-order valence-electron chi connectivity index (χ1n) is 9.32. The number of amides is 1. The van der Waals surface area contributed by atoms with Gasteiger partial charge in [0.05, 0.1) is 30.1 Å². The van der Waals surface area contributed by atoms with Crippen molar-refractivity contribution in [2.24, 2.45) is 0 Å². The second-order valence-electron chi connectivity index (χ2n) is 6.96. The Balaban J connectivity index is 1.54. The number of methoxy groups -OCH3 is 1. The molecule has 1 aliphatic carbocycles. The highest BCUT2D eigenvalue weighted by atomic mass is 32.2. The van der Waals surface area contributed by atoms with Crippen LogP contribution in [0.15, 0.2) is 34.2 Å². The van der Waals surface area contributed by atoms with Gasteiger partial charge in [-0.1, -0.05) is 23.9 Å². The Labute approximate surface area is 166 Å². The van der Waals surface area contributed by atoms with Gasteiger partial charge >= 0.3 is 5.97 Å². The molecule has 0 radical (unpaired) electrons. The van der Waals surface area contributed by atoms with Crippen LogP contribution in [0.3, 0.4) is 0 Å². The van der Waals surface area contributed by atoms with Crippen LogP contribution in [0, 0.1) is 0 Å². The van der Waals surface area contributed by atoms with Gasteiger partial charge in [-0.25, -0.2) is 9.78 Å². The van der Waals surface area contributed by atoms with Crippen molar-refractivity contribution < 1.29 is 14.3 Å². The number of hydrogen-bond acceptors (Lipinski definition) is 6. The van der Waals surface area contributed by atoms with Gasteiger partial charge in [-0.05, 0) is 37.8 Å². The molecular formula is C20H21N3O4S. The maximum absolute atomic E-state index is 13.0. The molecule has 0 saturated carbocycles. The topological polar surface area (TPSA) is 90.3 Å². The number of esters is 1. The van der Waals surface area contributed by atoms with Gasteiger partial charge in [-0.15, -0.1) is 0 Å². The number of para-hydroxylation sites is 1. The summed E-state index contributed by atoms with van der Waals surface area (Å²) in [5.41, 5.74) is 2.43. The molecule has 1 aromatic carbocycles. The molecule has 0 fully saturated rings. The number of carbonyl (C=O) groups is 2. The normalized spacial score (nSPS) is 17.5. The van der Waals surface area contributed by atoms with Crippen molar-refractivity contribution in [3.05, 3.63) is 51.4 Å². The molecule has 1 unspecified atom stereocenters. The Kier molecular flexibility index (Phi) is 5.21. The summed E-state index contributed by atoms with van der Waals surface area (Å²) in [5, 5.41) is 3.49. The molecule has 1 aromatic heterocycles. The molecule has 146 valence electrons. The summed E-state index contributed by atoms with van der Waals surface area (Å²) in [6.45, 7) is 0. The van der Waals surface area contributed by atoms with E-state index in [2.05, 4.69) is 10.3 Å². The fraction of sp³-hybridized carbons (Fsp3) is 0.400. The number of anilines is 1. The lowest BCUT2D eigenvalue weighted by molar-refractivity contribution is -0.116. The van der Waals surface area contributed by atoms with E-state index in [-0.39, 0.29) is 23.9 Å². The Hall–Kier alpha value is -2.61. The molecule has 28 heavy (non-hydrogen) atoms. The number of benzene rings is 1. The van der Waals surface area contributed by atoms with Crippen LogP contribution in [0.1, 0.15) is 46.9 Å². The molecule has 8 heteroatoms. The number of carbonyl (C=O) groups excluding carboxylic acids is 2. The fourth-order valence-electron chi connectivity index (χ4n) is 3.76. The van der Waals surface area contributed by atoms with E-state index in [0.717, 1.165) is 36.9 Å². The number of nitrogens with zero attached hydrogens (tertiary/aromatic N) is 2. The number of rotatable bonds is 4. The maximum atomic E-state index is 13.0. The predicted molar refractivity (Wildman–Crippen MR) is 106 cm³/mol. The van der Waals surface area contributed by atoms with Crippen molar-refractivity contribution in [3.8, 4) is 0 Å². The summed E-state index contributed by atoms with van der Waals surface area (Å²) >= 11 is 1.52. The van der Waals surface area contributed by atoms with Crippen molar-refractivity contribution in [3.63, 3.8) is 0 Å². The van der Waals surface area contributed by atoms with Crippen molar-refractivity contribution in [2.45, 2.75) is 43.3 Å². The lowest BCUT2D eigenvalue weighted by Crippen LogP contribution is -2.32. The lowest BCUT2D eigenvalue weighted by atomic mass is 9.97. The van der Waals surface area contributed by atoms with Gasteiger partial charge < -0.3 is 10.1 Å². The number of fused-ring (bicyclic) bond motifs is 2. The molecule has 0 saturated heterocycles. The number of aromatic nitrogens is 2. The van der Waals surface area contributed by atoms with E-state index in [9.17, 15) is 14.4 Å². The zero-order valence-electron chi connectivity index (χ0n) is 15.6. The number of thioether (sulfide) groups is 1. The second kappa shape index (κ2) is 7.79. The Morgan fingerprint density at radius 1 is 1.29 bits per heavy atom. The highest BCUT2D eigenvalue weighted by Crippen LogP contribution is 2.34. The van der Waals surface area contributed by atoms with Gasteiger partial charge in [-0.2, -0.15) is 0 Å². The van der Waals surface area contributed by atoms with Crippen LogP contribution in [-0.2, 0) is 22.4 Å². The zero-order chi connectivity index (χ0) is 19.7. The van der Waals surface area contributed by atoms with Crippen molar-refractivity contribution in [2.75, 3.05) is 18.2 Å². The number of ether oxygens (including phenoxy) is 1. The first-order chi connectivity index (χ1) is 13.6. The molecule has 2 aromatic rings. The quantitative estimate of drug-likeness (QED) is 0.628. The molecule has 1 N–H and O–H groups in total. The smallest absolute Gasteiger partial charge is 0.339 e. The summed E-state index contributed by atoms with van der Waals surface area (Å²) in [5.74, 6) is -0.124. The summed E-state index contributed by atoms with van der Waals surface area (Å²) < 4.78 is 6.44. The van der Waals surface area contributed by atoms with E-state index in [4.69, 9.17) is 4.74 Å². The van der Waals surface area contributed by atoms with E-state index in [0.29, 0.717) is 22.2 Å². The van der Waals surface area contributed by atoms with Gasteiger partial charge in [-0.3, -0.25) is 14.2 Å². The monoisotopic (exact) mass is 399 g/mol. The minimum absolute atomic E-state index is 0.00235. The van der Waals surface area contributed by atoms with Gasteiger partial charge in [0.25, 0.3) is 5.56 Å². The molecule has 1 amide bonds. The molecule has 0 spiro atoms. The van der Waals surface area contributed by atoms with Crippen LogP contribution in [0.25, 0.3) is 0 Å². The van der Waals surface area contributed by atoms with Gasteiger partial charge in [0.1, 0.15) is 0 Å². The van der Waals surface area contributed by atoms with Crippen LogP contribution in [-0.4, -0.2) is 34.3 Å². The lowest BCUT2D eigenvalue weighted by Gasteiger charge is -2.19. The maximum Gasteiger partial charge on any atom is 0.339 e. The largest absolute Gasteiger partial charge is 0.465 e. The minimum Gasteiger partial charge on any atom is -0.465 e. The summed E-state index contributed by atoms with van der Waals surface area (Å²) in [7, 11) is 1.30. The summed E-state index contributed by atoms with van der Waals surface area (Å²) in [6.07, 6.45) is 3.84. The molecule has 2 heterocycles. The Morgan fingerprint density at radius 2 is 2.07 bits per heavy atom. The molecule has 4 rings (SSSR count). The average Bonchev–Trinajstić information content (AvgIpc) is 3.10. The van der Waals surface area contributed by atoms with Crippen LogP contribution < -0.4 is 10.9 Å².